The van der Waals surface area contributed by atoms with E-state index in [0.29, 0.717) is 12.1 Å². The molecule has 0 aromatic carbocycles. The van der Waals surface area contributed by atoms with E-state index in [1.807, 2.05) is 0 Å². The number of nitrogens with one attached hydrogen (secondary N) is 2. The summed E-state index contributed by atoms with van der Waals surface area (Å²) < 4.78 is 5.12. The summed E-state index contributed by atoms with van der Waals surface area (Å²) in [6.45, 7) is 7.90. The molecule has 6 heteroatoms. The van der Waals surface area contributed by atoms with Crippen molar-refractivity contribution < 1.29 is 4.74 Å². The molecule has 1 aliphatic carbocycles. The Bertz CT molecular complexity index is 353. The monoisotopic (exact) mass is 342 g/mol. The molecule has 2 N–H and O–H groups in total. The lowest BCUT2D eigenvalue weighted by Crippen LogP contribution is -2.55. The van der Waals surface area contributed by atoms with Crippen molar-refractivity contribution in [3.05, 3.63) is 0 Å². The van der Waals surface area contributed by atoms with Crippen LogP contribution in [0.2, 0.25) is 0 Å². The van der Waals surface area contributed by atoms with Gasteiger partial charge in [-0.2, -0.15) is 11.8 Å². The summed E-state index contributed by atoms with van der Waals surface area (Å²) in [7, 11) is 1.73. The maximum absolute atomic E-state index is 5.12. The summed E-state index contributed by atoms with van der Waals surface area (Å²) in [5, 5.41) is 6.73. The second kappa shape index (κ2) is 10.4. The van der Waals surface area contributed by atoms with Gasteiger partial charge in [0.05, 0.1) is 13.2 Å². The summed E-state index contributed by atoms with van der Waals surface area (Å²) in [5.74, 6) is 3.48. The fourth-order valence-corrected chi connectivity index (χ4v) is 4.56. The number of hydrogen-bond acceptors (Lipinski definition) is 4. The van der Waals surface area contributed by atoms with Crippen molar-refractivity contribution in [2.24, 2.45) is 4.99 Å². The van der Waals surface area contributed by atoms with Crippen molar-refractivity contribution in [3.63, 3.8) is 0 Å². The molecule has 0 unspecified atom stereocenters. The number of nitrogens with zero attached hydrogens (tertiary/aromatic N) is 2. The smallest absolute Gasteiger partial charge is 0.191 e. The quantitative estimate of drug-likeness (QED) is 0.421. The lowest BCUT2D eigenvalue weighted by Gasteiger charge is -2.47. The van der Waals surface area contributed by atoms with E-state index in [9.17, 15) is 0 Å². The SMILES string of the molecule is CCNC(=NCC1(N2CCSCC2)CCCCC1)NCCOC. The van der Waals surface area contributed by atoms with E-state index in [0.717, 1.165) is 25.6 Å². The molecule has 0 aromatic rings. The Hall–Kier alpha value is -0.460. The molecule has 1 aliphatic heterocycles. The van der Waals surface area contributed by atoms with Gasteiger partial charge >= 0.3 is 0 Å². The highest BCUT2D eigenvalue weighted by molar-refractivity contribution is 7.99. The van der Waals surface area contributed by atoms with Crippen LogP contribution >= 0.6 is 11.8 Å². The molecule has 1 saturated heterocycles. The van der Waals surface area contributed by atoms with Crippen molar-refractivity contribution >= 4 is 17.7 Å². The van der Waals surface area contributed by atoms with Gasteiger partial charge in [0.25, 0.3) is 0 Å². The molecule has 0 bridgehead atoms. The highest BCUT2D eigenvalue weighted by atomic mass is 32.2. The summed E-state index contributed by atoms with van der Waals surface area (Å²) >= 11 is 2.09. The fraction of sp³-hybridized carbons (Fsp3) is 0.941. The molecule has 0 aromatic heterocycles. The molecule has 1 heterocycles. The first-order chi connectivity index (χ1) is 11.3. The van der Waals surface area contributed by atoms with Gasteiger partial charge in [-0.15, -0.1) is 0 Å². The maximum Gasteiger partial charge on any atom is 0.191 e. The molecule has 0 spiro atoms. The van der Waals surface area contributed by atoms with Crippen LogP contribution < -0.4 is 10.6 Å². The maximum atomic E-state index is 5.12. The average Bonchev–Trinajstić information content (AvgIpc) is 2.61. The van der Waals surface area contributed by atoms with Crippen molar-refractivity contribution in [2.45, 2.75) is 44.6 Å². The van der Waals surface area contributed by atoms with E-state index >= 15 is 0 Å². The van der Waals surface area contributed by atoms with E-state index in [1.165, 1.54) is 56.7 Å². The van der Waals surface area contributed by atoms with Gasteiger partial charge in [0.1, 0.15) is 0 Å². The van der Waals surface area contributed by atoms with Crippen LogP contribution in [-0.4, -0.2) is 74.3 Å². The lowest BCUT2D eigenvalue weighted by molar-refractivity contribution is 0.0671. The van der Waals surface area contributed by atoms with Crippen molar-refractivity contribution in [1.82, 2.24) is 15.5 Å². The first kappa shape index (κ1) is 18.9. The summed E-state index contributed by atoms with van der Waals surface area (Å²) in [4.78, 5) is 7.69. The van der Waals surface area contributed by atoms with Crippen LogP contribution in [0.25, 0.3) is 0 Å². The van der Waals surface area contributed by atoms with Gasteiger partial charge in [0, 0.05) is 50.3 Å². The standard InChI is InChI=1S/C17H34N4OS/c1-3-18-16(19-9-12-22-2)20-15-17(7-5-4-6-8-17)21-10-13-23-14-11-21/h3-15H2,1-2H3,(H2,18,19,20). The predicted octanol–water partition coefficient (Wildman–Crippen LogP) is 1.94. The number of rotatable bonds is 7. The zero-order chi connectivity index (χ0) is 16.4. The number of aliphatic imine (C=N–C) groups is 1. The van der Waals surface area contributed by atoms with Crippen LogP contribution in [0.3, 0.4) is 0 Å². The van der Waals surface area contributed by atoms with Gasteiger partial charge in [0.2, 0.25) is 0 Å². The Morgan fingerprint density at radius 2 is 1.91 bits per heavy atom. The van der Waals surface area contributed by atoms with Gasteiger partial charge in [0.15, 0.2) is 5.96 Å². The number of methoxy groups -OCH3 is 1. The molecule has 2 rings (SSSR count). The zero-order valence-corrected chi connectivity index (χ0v) is 15.7. The number of guanidine groups is 1. The Balaban J connectivity index is 2.00. The van der Waals surface area contributed by atoms with Crippen LogP contribution in [0.1, 0.15) is 39.0 Å². The summed E-state index contributed by atoms with van der Waals surface area (Å²) in [6.07, 6.45) is 6.71. The molecule has 1 saturated carbocycles. The van der Waals surface area contributed by atoms with Crippen LogP contribution in [0.5, 0.6) is 0 Å². The minimum absolute atomic E-state index is 0.294. The molecular weight excluding hydrogens is 308 g/mol. The number of thioether (sulfide) groups is 1. The highest BCUT2D eigenvalue weighted by Crippen LogP contribution is 2.35. The fourth-order valence-electron chi connectivity index (χ4n) is 3.66. The van der Waals surface area contributed by atoms with E-state index in [-0.39, 0.29) is 0 Å². The topological polar surface area (TPSA) is 48.9 Å². The molecule has 134 valence electrons. The second-order valence-electron chi connectivity index (χ2n) is 6.50. The third kappa shape index (κ3) is 5.84. The van der Waals surface area contributed by atoms with Crippen molar-refractivity contribution in [2.75, 3.05) is 57.9 Å². The minimum Gasteiger partial charge on any atom is -0.383 e. The van der Waals surface area contributed by atoms with E-state index < -0.39 is 0 Å². The van der Waals surface area contributed by atoms with Gasteiger partial charge in [-0.3, -0.25) is 9.89 Å². The first-order valence-corrected chi connectivity index (χ1v) is 10.3. The van der Waals surface area contributed by atoms with Gasteiger partial charge in [-0.25, -0.2) is 0 Å². The van der Waals surface area contributed by atoms with E-state index in [4.69, 9.17) is 9.73 Å². The van der Waals surface area contributed by atoms with Crippen LogP contribution in [-0.2, 0) is 4.74 Å². The van der Waals surface area contributed by atoms with Crippen molar-refractivity contribution in [1.29, 1.82) is 0 Å². The Morgan fingerprint density at radius 1 is 1.17 bits per heavy atom. The summed E-state index contributed by atoms with van der Waals surface area (Å²) in [5.41, 5.74) is 0.294. The third-order valence-corrected chi connectivity index (χ3v) is 5.88. The first-order valence-electron chi connectivity index (χ1n) is 9.15. The van der Waals surface area contributed by atoms with Gasteiger partial charge in [-0.05, 0) is 19.8 Å². The number of ether oxygens (including phenoxy) is 1. The predicted molar refractivity (Wildman–Crippen MR) is 101 cm³/mol. The highest BCUT2D eigenvalue weighted by Gasteiger charge is 2.38. The molecule has 5 nitrogen and oxygen atoms in total. The van der Waals surface area contributed by atoms with E-state index in [1.54, 1.807) is 7.11 Å². The molecule has 0 radical (unpaired) electrons. The Kier molecular flexibility index (Phi) is 8.55. The molecule has 2 fully saturated rings. The van der Waals surface area contributed by atoms with E-state index in [2.05, 4.69) is 34.2 Å². The van der Waals surface area contributed by atoms with Crippen LogP contribution in [0.4, 0.5) is 0 Å². The Morgan fingerprint density at radius 3 is 2.57 bits per heavy atom. The summed E-state index contributed by atoms with van der Waals surface area (Å²) in [6, 6.07) is 0. The van der Waals surface area contributed by atoms with Crippen LogP contribution in [0, 0.1) is 0 Å². The normalized spacial score (nSPS) is 22.8. The lowest BCUT2D eigenvalue weighted by atomic mass is 9.80. The zero-order valence-electron chi connectivity index (χ0n) is 14.9. The minimum atomic E-state index is 0.294. The largest absolute Gasteiger partial charge is 0.383 e. The van der Waals surface area contributed by atoms with Crippen molar-refractivity contribution in [3.8, 4) is 0 Å². The molecular formula is C17H34N4OS. The Labute approximate surface area is 146 Å². The second-order valence-corrected chi connectivity index (χ2v) is 7.72. The average molecular weight is 343 g/mol. The van der Waals surface area contributed by atoms with Gasteiger partial charge in [-0.1, -0.05) is 19.3 Å². The van der Waals surface area contributed by atoms with Gasteiger partial charge < -0.3 is 15.4 Å². The molecule has 0 atom stereocenters. The molecule has 23 heavy (non-hydrogen) atoms. The van der Waals surface area contributed by atoms with Crippen LogP contribution in [0.15, 0.2) is 4.99 Å². The molecule has 2 aliphatic rings. The molecule has 0 amide bonds. The number of hydrogen-bond donors (Lipinski definition) is 2. The third-order valence-electron chi connectivity index (χ3n) is 4.94.